The molecule has 1 aliphatic heterocycles. The molecule has 112 valence electrons. The third kappa shape index (κ3) is 3.48. The first-order chi connectivity index (χ1) is 10.9. The fourth-order valence-electron chi connectivity index (χ4n) is 2.63. The molecule has 0 amide bonds. The summed E-state index contributed by atoms with van der Waals surface area (Å²) in [6, 6.07) is 14.6. The summed E-state index contributed by atoms with van der Waals surface area (Å²) in [5.41, 5.74) is 5.46. The molecular formula is C19H21N3. The van der Waals surface area contributed by atoms with Crippen LogP contribution in [0.3, 0.4) is 0 Å². The van der Waals surface area contributed by atoms with E-state index in [1.807, 2.05) is 18.2 Å². The van der Waals surface area contributed by atoms with Gasteiger partial charge in [-0.2, -0.15) is 10.2 Å². The molecule has 2 aromatic rings. The van der Waals surface area contributed by atoms with Crippen LogP contribution < -0.4 is 0 Å². The lowest BCUT2D eigenvalue weighted by Crippen LogP contribution is -2.06. The Morgan fingerprint density at radius 2 is 1.73 bits per heavy atom. The Morgan fingerprint density at radius 3 is 2.45 bits per heavy atom. The van der Waals surface area contributed by atoms with Crippen LogP contribution in [0.25, 0.3) is 0 Å². The van der Waals surface area contributed by atoms with Crippen molar-refractivity contribution in [3.63, 3.8) is 0 Å². The van der Waals surface area contributed by atoms with Gasteiger partial charge in [0, 0.05) is 12.6 Å². The number of aryl methyl sites for hydroxylation is 1. The van der Waals surface area contributed by atoms with Crippen LogP contribution >= 0.6 is 0 Å². The second-order valence-corrected chi connectivity index (χ2v) is 5.64. The molecule has 2 heterocycles. The van der Waals surface area contributed by atoms with Crippen molar-refractivity contribution >= 4 is 11.4 Å². The molecule has 0 fully saturated rings. The SMILES string of the molecule is CCCCCc1ccc(C2=NN=C(c3ccccn3)C2)cc1. The van der Waals surface area contributed by atoms with Gasteiger partial charge in [-0.15, -0.1) is 0 Å². The smallest absolute Gasteiger partial charge is 0.0946 e. The Morgan fingerprint density at radius 1 is 0.909 bits per heavy atom. The van der Waals surface area contributed by atoms with E-state index in [4.69, 9.17) is 0 Å². The summed E-state index contributed by atoms with van der Waals surface area (Å²) in [4.78, 5) is 4.34. The highest BCUT2D eigenvalue weighted by molar-refractivity contribution is 6.19. The van der Waals surface area contributed by atoms with E-state index in [1.165, 1.54) is 24.8 Å². The largest absolute Gasteiger partial charge is 0.255 e. The Bertz CT molecular complexity index is 670. The highest BCUT2D eigenvalue weighted by Gasteiger charge is 2.16. The van der Waals surface area contributed by atoms with E-state index in [2.05, 4.69) is 46.4 Å². The van der Waals surface area contributed by atoms with Crippen molar-refractivity contribution in [1.29, 1.82) is 0 Å². The molecule has 3 nitrogen and oxygen atoms in total. The van der Waals surface area contributed by atoms with Crippen molar-refractivity contribution in [2.24, 2.45) is 10.2 Å². The summed E-state index contributed by atoms with van der Waals surface area (Å²) < 4.78 is 0. The maximum absolute atomic E-state index is 4.34. The molecule has 1 aliphatic rings. The van der Waals surface area contributed by atoms with Crippen LogP contribution in [0.5, 0.6) is 0 Å². The van der Waals surface area contributed by atoms with Gasteiger partial charge < -0.3 is 0 Å². The van der Waals surface area contributed by atoms with E-state index < -0.39 is 0 Å². The molecule has 1 aromatic carbocycles. The number of unbranched alkanes of at least 4 members (excludes halogenated alkanes) is 2. The molecule has 0 N–H and O–H groups in total. The van der Waals surface area contributed by atoms with Gasteiger partial charge in [0.2, 0.25) is 0 Å². The molecule has 0 atom stereocenters. The third-order valence-corrected chi connectivity index (χ3v) is 3.94. The van der Waals surface area contributed by atoms with Gasteiger partial charge in [0.15, 0.2) is 0 Å². The number of pyridine rings is 1. The quantitative estimate of drug-likeness (QED) is 0.726. The van der Waals surface area contributed by atoms with E-state index in [-0.39, 0.29) is 0 Å². The number of hydrogen-bond acceptors (Lipinski definition) is 3. The molecule has 0 saturated heterocycles. The predicted octanol–water partition coefficient (Wildman–Crippen LogP) is 4.41. The third-order valence-electron chi connectivity index (χ3n) is 3.94. The van der Waals surface area contributed by atoms with Crippen molar-refractivity contribution in [3.05, 3.63) is 65.5 Å². The molecule has 0 aliphatic carbocycles. The molecule has 3 heteroatoms. The maximum Gasteiger partial charge on any atom is 0.0946 e. The molecule has 3 rings (SSSR count). The summed E-state index contributed by atoms with van der Waals surface area (Å²) in [6.07, 6.45) is 7.55. The van der Waals surface area contributed by atoms with Crippen LogP contribution in [-0.4, -0.2) is 16.4 Å². The molecule has 0 bridgehead atoms. The predicted molar refractivity (Wildman–Crippen MR) is 91.6 cm³/mol. The topological polar surface area (TPSA) is 37.6 Å². The van der Waals surface area contributed by atoms with Crippen LogP contribution in [-0.2, 0) is 6.42 Å². The maximum atomic E-state index is 4.34. The van der Waals surface area contributed by atoms with Crippen LogP contribution in [0.15, 0.2) is 58.9 Å². The van der Waals surface area contributed by atoms with Crippen molar-refractivity contribution in [2.75, 3.05) is 0 Å². The van der Waals surface area contributed by atoms with Crippen LogP contribution in [0.2, 0.25) is 0 Å². The summed E-state index contributed by atoms with van der Waals surface area (Å²) in [5, 5.41) is 8.62. The molecular weight excluding hydrogens is 270 g/mol. The molecule has 0 radical (unpaired) electrons. The van der Waals surface area contributed by atoms with Crippen molar-refractivity contribution in [3.8, 4) is 0 Å². The van der Waals surface area contributed by atoms with Crippen molar-refractivity contribution in [1.82, 2.24) is 4.98 Å². The Kier molecular flexibility index (Phi) is 4.74. The van der Waals surface area contributed by atoms with Crippen molar-refractivity contribution in [2.45, 2.75) is 39.0 Å². The minimum Gasteiger partial charge on any atom is -0.255 e. The summed E-state index contributed by atoms with van der Waals surface area (Å²) in [5.74, 6) is 0. The highest BCUT2D eigenvalue weighted by Crippen LogP contribution is 2.17. The zero-order valence-electron chi connectivity index (χ0n) is 13.0. The first-order valence-electron chi connectivity index (χ1n) is 8.01. The number of benzene rings is 1. The van der Waals surface area contributed by atoms with E-state index in [1.54, 1.807) is 6.20 Å². The second-order valence-electron chi connectivity index (χ2n) is 5.64. The highest BCUT2D eigenvalue weighted by atomic mass is 15.2. The van der Waals surface area contributed by atoms with Crippen LogP contribution in [0, 0.1) is 0 Å². The van der Waals surface area contributed by atoms with E-state index in [0.717, 1.165) is 35.5 Å². The van der Waals surface area contributed by atoms with Crippen LogP contribution in [0.4, 0.5) is 0 Å². The van der Waals surface area contributed by atoms with Gasteiger partial charge in [0.25, 0.3) is 0 Å². The minimum atomic E-state index is 0.756. The van der Waals surface area contributed by atoms with Gasteiger partial charge in [-0.05, 0) is 36.1 Å². The average molecular weight is 291 g/mol. The fourth-order valence-corrected chi connectivity index (χ4v) is 2.63. The molecule has 0 saturated carbocycles. The van der Waals surface area contributed by atoms with Gasteiger partial charge in [0.1, 0.15) is 0 Å². The van der Waals surface area contributed by atoms with Gasteiger partial charge in [0.05, 0.1) is 17.1 Å². The lowest BCUT2D eigenvalue weighted by atomic mass is 10.0. The summed E-state index contributed by atoms with van der Waals surface area (Å²) in [7, 11) is 0. The normalized spacial score (nSPS) is 13.9. The van der Waals surface area contributed by atoms with Crippen molar-refractivity contribution < 1.29 is 0 Å². The number of aromatic nitrogens is 1. The molecule has 0 unspecified atom stereocenters. The standard InChI is InChI=1S/C19H21N3/c1-2-3-4-7-15-9-11-16(12-10-15)18-14-19(22-21-18)17-8-5-6-13-20-17/h5-6,8-13H,2-4,7,14H2,1H3. The lowest BCUT2D eigenvalue weighted by molar-refractivity contribution is 0.717. The van der Waals surface area contributed by atoms with E-state index >= 15 is 0 Å². The lowest BCUT2D eigenvalue weighted by Gasteiger charge is -2.04. The number of nitrogens with zero attached hydrogens (tertiary/aromatic N) is 3. The van der Waals surface area contributed by atoms with Crippen LogP contribution in [0.1, 0.15) is 49.4 Å². The number of hydrogen-bond donors (Lipinski definition) is 0. The molecule has 1 aromatic heterocycles. The molecule has 22 heavy (non-hydrogen) atoms. The summed E-state index contributed by atoms with van der Waals surface area (Å²) in [6.45, 7) is 2.24. The first-order valence-corrected chi connectivity index (χ1v) is 8.01. The minimum absolute atomic E-state index is 0.756. The van der Waals surface area contributed by atoms with Gasteiger partial charge in [-0.3, -0.25) is 4.98 Å². The van der Waals surface area contributed by atoms with Gasteiger partial charge in [-0.25, -0.2) is 0 Å². The van der Waals surface area contributed by atoms with Gasteiger partial charge in [-0.1, -0.05) is 50.1 Å². The Hall–Kier alpha value is -2.29. The zero-order chi connectivity index (χ0) is 15.2. The summed E-state index contributed by atoms with van der Waals surface area (Å²) >= 11 is 0. The monoisotopic (exact) mass is 291 g/mol. The fraction of sp³-hybridized carbons (Fsp3) is 0.316. The van der Waals surface area contributed by atoms with E-state index in [9.17, 15) is 0 Å². The number of rotatable bonds is 6. The zero-order valence-corrected chi connectivity index (χ0v) is 13.0. The van der Waals surface area contributed by atoms with Gasteiger partial charge >= 0.3 is 0 Å². The second kappa shape index (κ2) is 7.12. The molecule has 0 spiro atoms. The Labute approximate surface area is 131 Å². The first kappa shape index (κ1) is 14.6. The Balaban J connectivity index is 1.62. The van der Waals surface area contributed by atoms with E-state index in [0.29, 0.717) is 0 Å². The average Bonchev–Trinajstić information content (AvgIpc) is 3.07.